The molecule has 0 spiro atoms. The molecule has 2 unspecified atom stereocenters. The zero-order chi connectivity index (χ0) is 43.0. The number of hydrogen-bond acceptors (Lipinski definition) is 2. The molecular weight excluding hydrogens is 737 g/mol. The summed E-state index contributed by atoms with van der Waals surface area (Å²) >= 11 is 0. The van der Waals surface area contributed by atoms with Gasteiger partial charge >= 0.3 is 0 Å². The third-order valence-electron chi connectivity index (χ3n) is 14.8. The Bertz CT molecular complexity index is 1580. The van der Waals surface area contributed by atoms with Crippen LogP contribution in [0.4, 0.5) is 11.4 Å². The van der Waals surface area contributed by atoms with E-state index in [-0.39, 0.29) is 5.41 Å². The van der Waals surface area contributed by atoms with Gasteiger partial charge in [0.2, 0.25) is 0 Å². The van der Waals surface area contributed by atoms with Gasteiger partial charge in [-0.2, -0.15) is 0 Å². The quantitative estimate of drug-likeness (QED) is 0.0406. The molecule has 61 heavy (non-hydrogen) atoms. The molecule has 0 amide bonds. The van der Waals surface area contributed by atoms with Crippen LogP contribution in [0.1, 0.15) is 246 Å². The Hall–Kier alpha value is -3.52. The van der Waals surface area contributed by atoms with Crippen LogP contribution in [0, 0.1) is 5.92 Å². The van der Waals surface area contributed by atoms with E-state index in [2.05, 4.69) is 118 Å². The standard InChI is InChI=1S/C59H88N2/c1-4-7-10-13-15-17-20-23-26-57(51-32-40-55(60)41-33-51)49-28-36-53(37-29-49)59(46-44-48(45-47-59)25-22-19-12-9-6-3)54-38-30-50(31-39-54)58(52-34-42-56(61)43-35-52)27-24-21-18-16-14-11-8-5-2/h28-43,48,57-58H,4-27,44-47,60-61H2,1-3H3. The van der Waals surface area contributed by atoms with Gasteiger partial charge in [0.05, 0.1) is 0 Å². The first-order chi connectivity index (χ1) is 30.0. The maximum absolute atomic E-state index is 6.19. The molecule has 4 aromatic carbocycles. The van der Waals surface area contributed by atoms with Crippen LogP contribution in [-0.4, -0.2) is 0 Å². The molecule has 0 aromatic heterocycles. The van der Waals surface area contributed by atoms with E-state index in [1.54, 1.807) is 0 Å². The Labute approximate surface area is 375 Å². The van der Waals surface area contributed by atoms with Crippen LogP contribution in [-0.2, 0) is 5.41 Å². The molecule has 2 atom stereocenters. The minimum Gasteiger partial charge on any atom is -0.399 e. The molecule has 334 valence electrons. The molecule has 4 N–H and O–H groups in total. The summed E-state index contributed by atoms with van der Waals surface area (Å²) in [6, 6.07) is 37.6. The molecule has 0 saturated heterocycles. The number of hydrogen-bond donors (Lipinski definition) is 2. The van der Waals surface area contributed by atoms with Crippen molar-refractivity contribution in [3.63, 3.8) is 0 Å². The first kappa shape index (κ1) is 48.5. The number of rotatable bonds is 30. The first-order valence-corrected chi connectivity index (χ1v) is 25.9. The van der Waals surface area contributed by atoms with Gasteiger partial charge in [0.15, 0.2) is 0 Å². The van der Waals surface area contributed by atoms with E-state index in [9.17, 15) is 0 Å². The number of nitrogens with two attached hydrogens (primary N) is 2. The molecule has 2 nitrogen and oxygen atoms in total. The fraction of sp³-hybridized carbons (Fsp3) is 0.593. The molecule has 1 saturated carbocycles. The van der Waals surface area contributed by atoms with Crippen LogP contribution in [0.2, 0.25) is 0 Å². The second-order valence-electron chi connectivity index (χ2n) is 19.4. The summed E-state index contributed by atoms with van der Waals surface area (Å²) in [6.07, 6.45) is 37.5. The fourth-order valence-corrected chi connectivity index (χ4v) is 10.8. The van der Waals surface area contributed by atoms with Crippen LogP contribution in [0.3, 0.4) is 0 Å². The summed E-state index contributed by atoms with van der Waals surface area (Å²) < 4.78 is 0. The van der Waals surface area contributed by atoms with Crippen molar-refractivity contribution in [2.75, 3.05) is 11.5 Å². The monoisotopic (exact) mass is 825 g/mol. The van der Waals surface area contributed by atoms with Crippen LogP contribution >= 0.6 is 0 Å². The van der Waals surface area contributed by atoms with Gasteiger partial charge in [-0.25, -0.2) is 0 Å². The van der Waals surface area contributed by atoms with E-state index < -0.39 is 0 Å². The SMILES string of the molecule is CCCCCCCCCCC(c1ccc(N)cc1)c1ccc(C2(c3ccc(C(CCCCCCCCCC)c4ccc(N)cc4)cc3)CCC(CCCCCCC)CC2)cc1. The first-order valence-electron chi connectivity index (χ1n) is 25.9. The van der Waals surface area contributed by atoms with Crippen LogP contribution < -0.4 is 11.5 Å². The summed E-state index contributed by atoms with van der Waals surface area (Å²) in [5.74, 6) is 1.66. The van der Waals surface area contributed by atoms with E-state index in [0.29, 0.717) is 11.8 Å². The van der Waals surface area contributed by atoms with E-state index in [4.69, 9.17) is 11.5 Å². The van der Waals surface area contributed by atoms with E-state index in [1.165, 1.54) is 213 Å². The lowest BCUT2D eigenvalue weighted by molar-refractivity contribution is 0.250. The highest BCUT2D eigenvalue weighted by Gasteiger charge is 2.38. The maximum Gasteiger partial charge on any atom is 0.0314 e. The van der Waals surface area contributed by atoms with Crippen LogP contribution in [0.5, 0.6) is 0 Å². The molecule has 5 rings (SSSR count). The van der Waals surface area contributed by atoms with Crippen molar-refractivity contribution in [3.05, 3.63) is 130 Å². The lowest BCUT2D eigenvalue weighted by Gasteiger charge is -2.42. The molecule has 0 aliphatic heterocycles. The van der Waals surface area contributed by atoms with Crippen molar-refractivity contribution in [2.24, 2.45) is 5.92 Å². The Balaban J connectivity index is 1.36. The van der Waals surface area contributed by atoms with Crippen molar-refractivity contribution < 1.29 is 0 Å². The Morgan fingerprint density at radius 3 is 1.03 bits per heavy atom. The van der Waals surface area contributed by atoms with Gasteiger partial charge in [0, 0.05) is 28.6 Å². The Kier molecular flexibility index (Phi) is 21.9. The van der Waals surface area contributed by atoms with Gasteiger partial charge in [-0.05, 0) is 102 Å². The smallest absolute Gasteiger partial charge is 0.0314 e. The summed E-state index contributed by atoms with van der Waals surface area (Å²) in [5, 5.41) is 0. The summed E-state index contributed by atoms with van der Waals surface area (Å²) in [5.41, 5.74) is 22.9. The maximum atomic E-state index is 6.19. The highest BCUT2D eigenvalue weighted by Crippen LogP contribution is 2.48. The van der Waals surface area contributed by atoms with Gasteiger partial charge in [0.1, 0.15) is 0 Å². The molecule has 0 heterocycles. The average Bonchev–Trinajstić information content (AvgIpc) is 3.29. The predicted molar refractivity (Wildman–Crippen MR) is 269 cm³/mol. The average molecular weight is 825 g/mol. The minimum atomic E-state index is 0.0543. The van der Waals surface area contributed by atoms with Gasteiger partial charge in [-0.3, -0.25) is 0 Å². The van der Waals surface area contributed by atoms with Gasteiger partial charge in [-0.1, -0.05) is 235 Å². The molecule has 1 aliphatic carbocycles. The second-order valence-corrected chi connectivity index (χ2v) is 19.4. The van der Waals surface area contributed by atoms with Crippen molar-refractivity contribution in [2.45, 2.75) is 218 Å². The number of unbranched alkanes of at least 4 members (excludes halogenated alkanes) is 18. The second kappa shape index (κ2) is 27.5. The summed E-state index contributed by atoms with van der Waals surface area (Å²) in [6.45, 7) is 6.94. The van der Waals surface area contributed by atoms with Crippen molar-refractivity contribution in [1.29, 1.82) is 0 Å². The molecule has 0 radical (unpaired) electrons. The molecule has 2 heteroatoms. The normalized spacial score (nSPS) is 17.7. The Morgan fingerprint density at radius 2 is 0.689 bits per heavy atom. The summed E-state index contributed by atoms with van der Waals surface area (Å²) in [4.78, 5) is 0. The number of anilines is 2. The van der Waals surface area contributed by atoms with Crippen molar-refractivity contribution >= 4 is 11.4 Å². The summed E-state index contributed by atoms with van der Waals surface area (Å²) in [7, 11) is 0. The van der Waals surface area contributed by atoms with Gasteiger partial charge in [0.25, 0.3) is 0 Å². The topological polar surface area (TPSA) is 52.0 Å². The number of benzene rings is 4. The van der Waals surface area contributed by atoms with Gasteiger partial charge in [-0.15, -0.1) is 0 Å². The van der Waals surface area contributed by atoms with E-state index in [0.717, 1.165) is 17.3 Å². The number of nitrogen functional groups attached to an aromatic ring is 2. The zero-order valence-corrected chi connectivity index (χ0v) is 39.4. The molecule has 1 fully saturated rings. The Morgan fingerprint density at radius 1 is 0.393 bits per heavy atom. The van der Waals surface area contributed by atoms with Crippen LogP contribution in [0.25, 0.3) is 0 Å². The molecule has 0 bridgehead atoms. The van der Waals surface area contributed by atoms with E-state index in [1.807, 2.05) is 0 Å². The van der Waals surface area contributed by atoms with Crippen molar-refractivity contribution in [3.8, 4) is 0 Å². The molecule has 1 aliphatic rings. The van der Waals surface area contributed by atoms with Crippen LogP contribution in [0.15, 0.2) is 97.1 Å². The lowest BCUT2D eigenvalue weighted by Crippen LogP contribution is -2.33. The third-order valence-corrected chi connectivity index (χ3v) is 14.8. The fourth-order valence-electron chi connectivity index (χ4n) is 10.8. The third kappa shape index (κ3) is 15.7. The minimum absolute atomic E-state index is 0.0543. The predicted octanol–water partition coefficient (Wildman–Crippen LogP) is 18.0. The highest BCUT2D eigenvalue weighted by atomic mass is 14.5. The van der Waals surface area contributed by atoms with E-state index >= 15 is 0 Å². The largest absolute Gasteiger partial charge is 0.399 e. The molecule has 4 aromatic rings. The highest BCUT2D eigenvalue weighted by molar-refractivity contribution is 5.47. The zero-order valence-electron chi connectivity index (χ0n) is 39.4. The van der Waals surface area contributed by atoms with Crippen molar-refractivity contribution in [1.82, 2.24) is 0 Å². The van der Waals surface area contributed by atoms with Gasteiger partial charge < -0.3 is 11.5 Å². The lowest BCUT2D eigenvalue weighted by atomic mass is 9.62. The molecular formula is C59H88N2.